The topological polar surface area (TPSA) is 47.3 Å². The third-order valence-corrected chi connectivity index (χ3v) is 4.24. The van der Waals surface area contributed by atoms with Crippen molar-refractivity contribution in [2.24, 2.45) is 5.73 Å². The molecule has 1 atom stereocenters. The summed E-state index contributed by atoms with van der Waals surface area (Å²) in [6.07, 6.45) is 0. The molecule has 2 aromatic rings. The minimum Gasteiger partial charge on any atom is -0.496 e. The lowest BCUT2D eigenvalue weighted by molar-refractivity contribution is 0.407. The van der Waals surface area contributed by atoms with Crippen LogP contribution >= 0.6 is 27.5 Å². The van der Waals surface area contributed by atoms with Gasteiger partial charge in [-0.3, -0.25) is 0 Å². The van der Waals surface area contributed by atoms with E-state index in [9.17, 15) is 0 Å². The highest BCUT2D eigenvalue weighted by Gasteiger charge is 2.14. The first-order valence-electron chi connectivity index (χ1n) is 6.20. The molecule has 0 amide bonds. The highest BCUT2D eigenvalue weighted by atomic mass is 79.9. The third-order valence-electron chi connectivity index (χ3n) is 3.01. The van der Waals surface area contributed by atoms with Crippen LogP contribution in [0.3, 0.4) is 0 Å². The summed E-state index contributed by atoms with van der Waals surface area (Å²) in [5, 5.41) is 4.04. The summed E-state index contributed by atoms with van der Waals surface area (Å²) < 4.78 is 6.25. The Morgan fingerprint density at radius 3 is 2.70 bits per heavy atom. The summed E-state index contributed by atoms with van der Waals surface area (Å²) in [4.78, 5) is 0. The maximum absolute atomic E-state index is 6.10. The van der Waals surface area contributed by atoms with Gasteiger partial charge in [-0.15, -0.1) is 0 Å². The highest BCUT2D eigenvalue weighted by Crippen LogP contribution is 2.30. The molecule has 0 aliphatic rings. The minimum atomic E-state index is -0.0385. The second-order valence-corrected chi connectivity index (χ2v) is 5.57. The van der Waals surface area contributed by atoms with Crippen molar-refractivity contribution in [3.05, 3.63) is 57.5 Å². The van der Waals surface area contributed by atoms with Gasteiger partial charge in [0.1, 0.15) is 5.75 Å². The number of para-hydroxylation sites is 1. The molecule has 5 heteroatoms. The van der Waals surface area contributed by atoms with Gasteiger partial charge in [0.2, 0.25) is 0 Å². The van der Waals surface area contributed by atoms with E-state index in [4.69, 9.17) is 22.1 Å². The van der Waals surface area contributed by atoms with E-state index in [0.29, 0.717) is 11.6 Å². The average molecular weight is 356 g/mol. The number of rotatable bonds is 5. The summed E-state index contributed by atoms with van der Waals surface area (Å²) in [7, 11) is 1.66. The van der Waals surface area contributed by atoms with Crippen LogP contribution in [0.5, 0.6) is 5.75 Å². The van der Waals surface area contributed by atoms with E-state index in [0.717, 1.165) is 21.5 Å². The maximum Gasteiger partial charge on any atom is 0.124 e. The fraction of sp³-hybridized carbons (Fsp3) is 0.200. The zero-order valence-corrected chi connectivity index (χ0v) is 13.4. The van der Waals surface area contributed by atoms with Gasteiger partial charge in [-0.2, -0.15) is 0 Å². The molecule has 0 bridgehead atoms. The maximum atomic E-state index is 6.10. The van der Waals surface area contributed by atoms with Crippen LogP contribution in [-0.4, -0.2) is 13.7 Å². The molecule has 3 N–H and O–H groups in total. The van der Waals surface area contributed by atoms with Crippen LogP contribution in [-0.2, 0) is 0 Å². The fourth-order valence-corrected chi connectivity index (χ4v) is 2.43. The molecule has 0 spiro atoms. The van der Waals surface area contributed by atoms with Crippen LogP contribution in [0.1, 0.15) is 11.6 Å². The van der Waals surface area contributed by atoms with Crippen LogP contribution in [0.4, 0.5) is 5.69 Å². The van der Waals surface area contributed by atoms with Gasteiger partial charge in [0.05, 0.1) is 18.2 Å². The summed E-state index contributed by atoms with van der Waals surface area (Å²) in [5.41, 5.74) is 7.82. The second kappa shape index (κ2) is 6.97. The third kappa shape index (κ3) is 3.45. The van der Waals surface area contributed by atoms with Crippen molar-refractivity contribution in [1.29, 1.82) is 0 Å². The molecule has 3 nitrogen and oxygen atoms in total. The van der Waals surface area contributed by atoms with Crippen molar-refractivity contribution >= 4 is 33.2 Å². The standard InChI is InChI=1S/C15H16BrClN2O/c1-20-15-5-3-2-4-11(15)14(9-18)19-10-6-7-12(16)13(17)8-10/h2-8,14,19H,9,18H2,1H3. The summed E-state index contributed by atoms with van der Waals surface area (Å²) in [6.45, 7) is 0.452. The van der Waals surface area contributed by atoms with Crippen LogP contribution in [0.25, 0.3) is 0 Å². The van der Waals surface area contributed by atoms with E-state index in [1.54, 1.807) is 7.11 Å². The molecule has 0 aliphatic carbocycles. The number of ether oxygens (including phenoxy) is 1. The zero-order chi connectivity index (χ0) is 14.5. The summed E-state index contributed by atoms with van der Waals surface area (Å²) in [6, 6.07) is 13.5. The highest BCUT2D eigenvalue weighted by molar-refractivity contribution is 9.10. The monoisotopic (exact) mass is 354 g/mol. The van der Waals surface area contributed by atoms with Gasteiger partial charge < -0.3 is 15.8 Å². The molecule has 0 saturated heterocycles. The molecule has 1 unspecified atom stereocenters. The van der Waals surface area contributed by atoms with Crippen molar-refractivity contribution in [3.8, 4) is 5.75 Å². The Labute approximate surface area is 132 Å². The predicted octanol–water partition coefficient (Wildman–Crippen LogP) is 4.22. The molecular formula is C15H16BrClN2O. The molecule has 0 radical (unpaired) electrons. The number of nitrogens with one attached hydrogen (secondary N) is 1. The molecule has 2 rings (SSSR count). The molecule has 0 saturated carbocycles. The fourth-order valence-electron chi connectivity index (χ4n) is 2.01. The zero-order valence-electron chi connectivity index (χ0n) is 11.1. The Morgan fingerprint density at radius 1 is 1.30 bits per heavy atom. The Morgan fingerprint density at radius 2 is 2.05 bits per heavy atom. The number of hydrogen-bond donors (Lipinski definition) is 2. The Balaban J connectivity index is 2.26. The van der Waals surface area contributed by atoms with Gasteiger partial charge in [-0.1, -0.05) is 29.8 Å². The van der Waals surface area contributed by atoms with Crippen molar-refractivity contribution < 1.29 is 4.74 Å². The lowest BCUT2D eigenvalue weighted by atomic mass is 10.1. The first-order valence-corrected chi connectivity index (χ1v) is 7.37. The van der Waals surface area contributed by atoms with Crippen LogP contribution in [0, 0.1) is 0 Å². The Hall–Kier alpha value is -1.23. The Kier molecular flexibility index (Phi) is 5.29. The Bertz CT molecular complexity index is 592. The van der Waals surface area contributed by atoms with E-state index >= 15 is 0 Å². The van der Waals surface area contributed by atoms with Crippen molar-refractivity contribution in [3.63, 3.8) is 0 Å². The molecule has 2 aromatic carbocycles. The van der Waals surface area contributed by atoms with E-state index < -0.39 is 0 Å². The van der Waals surface area contributed by atoms with Crippen molar-refractivity contribution in [1.82, 2.24) is 0 Å². The van der Waals surface area contributed by atoms with Gasteiger partial charge in [0.15, 0.2) is 0 Å². The summed E-state index contributed by atoms with van der Waals surface area (Å²) in [5.74, 6) is 0.818. The number of anilines is 1. The average Bonchev–Trinajstić information content (AvgIpc) is 2.48. The molecule has 106 valence electrons. The number of halogens is 2. The number of benzene rings is 2. The summed E-state index contributed by atoms with van der Waals surface area (Å²) >= 11 is 9.48. The predicted molar refractivity (Wildman–Crippen MR) is 87.6 cm³/mol. The van der Waals surface area contributed by atoms with E-state index in [1.807, 2.05) is 42.5 Å². The van der Waals surface area contributed by atoms with Crippen LogP contribution in [0.15, 0.2) is 46.9 Å². The number of methoxy groups -OCH3 is 1. The molecule has 0 aliphatic heterocycles. The van der Waals surface area contributed by atoms with Crippen molar-refractivity contribution in [2.45, 2.75) is 6.04 Å². The van der Waals surface area contributed by atoms with E-state index in [-0.39, 0.29) is 6.04 Å². The molecular weight excluding hydrogens is 340 g/mol. The molecule has 20 heavy (non-hydrogen) atoms. The lowest BCUT2D eigenvalue weighted by Gasteiger charge is -2.21. The number of hydrogen-bond acceptors (Lipinski definition) is 3. The van der Waals surface area contributed by atoms with E-state index in [2.05, 4.69) is 21.2 Å². The first-order chi connectivity index (χ1) is 9.65. The van der Waals surface area contributed by atoms with Gasteiger partial charge in [-0.05, 0) is 40.2 Å². The molecule has 0 fully saturated rings. The van der Waals surface area contributed by atoms with Gasteiger partial charge in [-0.25, -0.2) is 0 Å². The van der Waals surface area contributed by atoms with Gasteiger partial charge >= 0.3 is 0 Å². The quantitative estimate of drug-likeness (QED) is 0.844. The SMILES string of the molecule is COc1ccccc1C(CN)Nc1ccc(Br)c(Cl)c1. The largest absolute Gasteiger partial charge is 0.496 e. The second-order valence-electron chi connectivity index (χ2n) is 4.30. The smallest absolute Gasteiger partial charge is 0.124 e. The lowest BCUT2D eigenvalue weighted by Crippen LogP contribution is -2.21. The van der Waals surface area contributed by atoms with Gasteiger partial charge in [0.25, 0.3) is 0 Å². The normalized spacial score (nSPS) is 12.0. The number of nitrogens with two attached hydrogens (primary N) is 1. The molecule has 0 heterocycles. The van der Waals surface area contributed by atoms with Crippen molar-refractivity contribution in [2.75, 3.05) is 19.0 Å². The minimum absolute atomic E-state index is 0.0385. The van der Waals surface area contributed by atoms with Crippen LogP contribution in [0.2, 0.25) is 5.02 Å². The van der Waals surface area contributed by atoms with Crippen LogP contribution < -0.4 is 15.8 Å². The van der Waals surface area contributed by atoms with E-state index in [1.165, 1.54) is 0 Å². The first kappa shape index (κ1) is 15.2. The molecule has 0 aromatic heterocycles. The van der Waals surface area contributed by atoms with Gasteiger partial charge in [0, 0.05) is 22.3 Å².